The van der Waals surface area contributed by atoms with Crippen molar-refractivity contribution in [3.05, 3.63) is 36.5 Å². The summed E-state index contributed by atoms with van der Waals surface area (Å²) in [5.74, 6) is 2.13. The molecule has 0 saturated carbocycles. The highest BCUT2D eigenvalue weighted by molar-refractivity contribution is 5.44. The molecule has 0 unspecified atom stereocenters. The van der Waals surface area contributed by atoms with Gasteiger partial charge in [-0.15, -0.1) is 0 Å². The fraction of sp³-hybridized carbons (Fsp3) is 0.467. The lowest BCUT2D eigenvalue weighted by atomic mass is 9.94. The molecule has 1 aliphatic rings. The molecule has 21 heavy (non-hydrogen) atoms. The van der Waals surface area contributed by atoms with E-state index in [-0.39, 0.29) is 0 Å². The molecule has 1 atom stereocenters. The fourth-order valence-electron chi connectivity index (χ4n) is 2.81. The van der Waals surface area contributed by atoms with Crippen LogP contribution >= 0.6 is 0 Å². The number of nitrogens with zero attached hydrogens (tertiary/aromatic N) is 6. The first-order valence-electron chi connectivity index (χ1n) is 7.26. The van der Waals surface area contributed by atoms with Crippen molar-refractivity contribution in [2.24, 2.45) is 0 Å². The Bertz CT molecular complexity index is 586. The fourth-order valence-corrected chi connectivity index (χ4v) is 2.81. The summed E-state index contributed by atoms with van der Waals surface area (Å²) >= 11 is 0. The van der Waals surface area contributed by atoms with Gasteiger partial charge in [-0.1, -0.05) is 0 Å². The maximum absolute atomic E-state index is 4.58. The molecule has 0 radical (unpaired) electrons. The number of hydrogen-bond acceptors (Lipinski definition) is 6. The van der Waals surface area contributed by atoms with E-state index in [1.807, 2.05) is 25.1 Å². The highest BCUT2D eigenvalue weighted by Gasteiger charge is 2.26. The van der Waals surface area contributed by atoms with Crippen LogP contribution < -0.4 is 9.80 Å². The summed E-state index contributed by atoms with van der Waals surface area (Å²) in [7, 11) is 4.02. The van der Waals surface area contributed by atoms with Crippen LogP contribution in [0.4, 0.5) is 11.8 Å². The van der Waals surface area contributed by atoms with E-state index in [0.29, 0.717) is 5.92 Å². The second kappa shape index (κ2) is 6.03. The van der Waals surface area contributed by atoms with Crippen molar-refractivity contribution in [3.63, 3.8) is 0 Å². The first-order valence-corrected chi connectivity index (χ1v) is 7.26. The van der Waals surface area contributed by atoms with Crippen LogP contribution in [0, 0.1) is 0 Å². The molecule has 110 valence electrons. The molecule has 0 N–H and O–H groups in total. The minimum absolute atomic E-state index is 0.369. The Kier molecular flexibility index (Phi) is 3.94. The summed E-state index contributed by atoms with van der Waals surface area (Å²) in [5.41, 5.74) is 1.07. The Balaban J connectivity index is 1.84. The normalized spacial score (nSPS) is 18.6. The van der Waals surface area contributed by atoms with Gasteiger partial charge in [0.2, 0.25) is 5.95 Å². The van der Waals surface area contributed by atoms with Gasteiger partial charge in [-0.3, -0.25) is 4.98 Å². The predicted molar refractivity (Wildman–Crippen MR) is 82.6 cm³/mol. The highest BCUT2D eigenvalue weighted by atomic mass is 15.3. The van der Waals surface area contributed by atoms with Crippen LogP contribution in [-0.2, 0) is 0 Å². The zero-order valence-corrected chi connectivity index (χ0v) is 12.5. The Labute approximate surface area is 124 Å². The van der Waals surface area contributed by atoms with Gasteiger partial charge < -0.3 is 9.80 Å². The van der Waals surface area contributed by atoms with Crippen LogP contribution in [0.3, 0.4) is 0 Å². The van der Waals surface area contributed by atoms with Crippen LogP contribution in [-0.4, -0.2) is 47.1 Å². The predicted octanol–water partition coefficient (Wildman–Crippen LogP) is 1.72. The standard InChI is InChI=1S/C15H20N6/c1-20(2)14-13(16-8-9-17-14)12-5-3-10-21(11-12)15-18-6-4-7-19-15/h4,6-9,12H,3,5,10-11H2,1-2H3/t12-/m1/s1. The average Bonchev–Trinajstić information content (AvgIpc) is 2.56. The SMILES string of the molecule is CN(C)c1nccnc1[C@@H]1CCCN(c2ncccn2)C1. The lowest BCUT2D eigenvalue weighted by molar-refractivity contribution is 0.494. The van der Waals surface area contributed by atoms with E-state index in [4.69, 9.17) is 0 Å². The van der Waals surface area contributed by atoms with Crippen molar-refractivity contribution < 1.29 is 0 Å². The molecule has 2 aromatic heterocycles. The smallest absolute Gasteiger partial charge is 0.225 e. The molecule has 0 aliphatic carbocycles. The van der Waals surface area contributed by atoms with Gasteiger partial charge in [-0.05, 0) is 18.9 Å². The third-order valence-electron chi connectivity index (χ3n) is 3.77. The number of aromatic nitrogens is 4. The van der Waals surface area contributed by atoms with Gasteiger partial charge in [-0.2, -0.15) is 0 Å². The van der Waals surface area contributed by atoms with E-state index in [1.54, 1.807) is 24.8 Å². The molecule has 2 aromatic rings. The number of hydrogen-bond donors (Lipinski definition) is 0. The second-order valence-corrected chi connectivity index (χ2v) is 5.49. The molecule has 6 heteroatoms. The minimum Gasteiger partial charge on any atom is -0.361 e. The first kappa shape index (κ1) is 13.7. The van der Waals surface area contributed by atoms with Gasteiger partial charge in [0, 0.05) is 57.9 Å². The lowest BCUT2D eigenvalue weighted by Gasteiger charge is -2.33. The van der Waals surface area contributed by atoms with Gasteiger partial charge in [-0.25, -0.2) is 15.0 Å². The van der Waals surface area contributed by atoms with Gasteiger partial charge >= 0.3 is 0 Å². The Morgan fingerprint density at radius 2 is 1.81 bits per heavy atom. The van der Waals surface area contributed by atoms with E-state index >= 15 is 0 Å². The Hall–Kier alpha value is -2.24. The Morgan fingerprint density at radius 3 is 2.57 bits per heavy atom. The summed E-state index contributed by atoms with van der Waals surface area (Å²) in [4.78, 5) is 22.0. The molecule has 1 fully saturated rings. The van der Waals surface area contributed by atoms with Gasteiger partial charge in [0.25, 0.3) is 0 Å². The van der Waals surface area contributed by atoms with E-state index in [9.17, 15) is 0 Å². The van der Waals surface area contributed by atoms with Gasteiger partial charge in [0.1, 0.15) is 5.82 Å². The van der Waals surface area contributed by atoms with Crippen LogP contribution in [0.5, 0.6) is 0 Å². The molecule has 0 amide bonds. The van der Waals surface area contributed by atoms with Crippen molar-refractivity contribution in [2.75, 3.05) is 37.0 Å². The second-order valence-electron chi connectivity index (χ2n) is 5.49. The van der Waals surface area contributed by atoms with Crippen molar-refractivity contribution in [1.29, 1.82) is 0 Å². The summed E-state index contributed by atoms with van der Waals surface area (Å²) in [5, 5.41) is 0. The third-order valence-corrected chi connectivity index (χ3v) is 3.77. The molecule has 1 aliphatic heterocycles. The number of piperidine rings is 1. The molecule has 6 nitrogen and oxygen atoms in total. The third kappa shape index (κ3) is 2.94. The van der Waals surface area contributed by atoms with Crippen LogP contribution in [0.15, 0.2) is 30.9 Å². The summed E-state index contributed by atoms with van der Waals surface area (Å²) in [6.07, 6.45) is 9.36. The quantitative estimate of drug-likeness (QED) is 0.855. The maximum Gasteiger partial charge on any atom is 0.225 e. The highest BCUT2D eigenvalue weighted by Crippen LogP contribution is 2.31. The topological polar surface area (TPSA) is 58.0 Å². The van der Waals surface area contributed by atoms with Crippen molar-refractivity contribution in [1.82, 2.24) is 19.9 Å². The molecular weight excluding hydrogens is 264 g/mol. The molecular formula is C15H20N6. The molecule has 0 spiro atoms. The van der Waals surface area contributed by atoms with E-state index in [0.717, 1.165) is 43.4 Å². The van der Waals surface area contributed by atoms with E-state index < -0.39 is 0 Å². The van der Waals surface area contributed by atoms with Crippen molar-refractivity contribution in [2.45, 2.75) is 18.8 Å². The van der Waals surface area contributed by atoms with Crippen molar-refractivity contribution >= 4 is 11.8 Å². The maximum atomic E-state index is 4.58. The molecule has 3 heterocycles. The average molecular weight is 284 g/mol. The summed E-state index contributed by atoms with van der Waals surface area (Å²) < 4.78 is 0. The monoisotopic (exact) mass is 284 g/mol. The zero-order chi connectivity index (χ0) is 14.7. The largest absolute Gasteiger partial charge is 0.361 e. The van der Waals surface area contributed by atoms with E-state index in [1.165, 1.54) is 0 Å². The zero-order valence-electron chi connectivity index (χ0n) is 12.5. The summed E-state index contributed by atoms with van der Waals surface area (Å²) in [6, 6.07) is 1.84. The van der Waals surface area contributed by atoms with Crippen LogP contribution in [0.2, 0.25) is 0 Å². The molecule has 3 rings (SSSR count). The number of rotatable bonds is 3. The Morgan fingerprint density at radius 1 is 1.05 bits per heavy atom. The van der Waals surface area contributed by atoms with Gasteiger partial charge in [0.05, 0.1) is 5.69 Å². The first-order chi connectivity index (χ1) is 10.3. The van der Waals surface area contributed by atoms with Crippen LogP contribution in [0.1, 0.15) is 24.5 Å². The van der Waals surface area contributed by atoms with Crippen molar-refractivity contribution in [3.8, 4) is 0 Å². The van der Waals surface area contributed by atoms with E-state index in [2.05, 4.69) is 24.8 Å². The molecule has 1 saturated heterocycles. The summed E-state index contributed by atoms with van der Waals surface area (Å²) in [6.45, 7) is 1.89. The molecule has 0 bridgehead atoms. The van der Waals surface area contributed by atoms with Crippen LogP contribution in [0.25, 0.3) is 0 Å². The number of anilines is 2. The minimum atomic E-state index is 0.369. The lowest BCUT2D eigenvalue weighted by Crippen LogP contribution is -2.36. The molecule has 0 aromatic carbocycles. The van der Waals surface area contributed by atoms with Gasteiger partial charge in [0.15, 0.2) is 0 Å².